The number of nitrogens with zero attached hydrogens (tertiary/aromatic N) is 3. The van der Waals surface area contributed by atoms with Crippen LogP contribution < -0.4 is 4.90 Å². The summed E-state index contributed by atoms with van der Waals surface area (Å²) in [6.45, 7) is 1.85. The molecule has 0 bridgehead atoms. The fraction of sp³-hybridized carbons (Fsp3) is 0.385. The molecule has 1 aromatic heterocycles. The van der Waals surface area contributed by atoms with E-state index in [2.05, 4.69) is 9.97 Å². The van der Waals surface area contributed by atoms with E-state index in [1.165, 1.54) is 12.6 Å². The third-order valence-electron chi connectivity index (χ3n) is 3.12. The maximum Gasteiger partial charge on any atom is 0.149 e. The van der Waals surface area contributed by atoms with E-state index in [4.69, 9.17) is 11.6 Å². The van der Waals surface area contributed by atoms with Crippen LogP contribution in [0.3, 0.4) is 0 Å². The molecule has 7 heteroatoms. The van der Waals surface area contributed by atoms with E-state index in [-0.39, 0.29) is 11.8 Å². The average Bonchev–Trinajstić information content (AvgIpc) is 2.34. The standard InChI is InChI=1S/C13H16ClN3O2S/c1-9(7-20(3,18)19)17(2)13-11-5-4-10(14)6-12(11)15-8-16-13/h4-6,8-9H,7H2,1-3H3. The molecular weight excluding hydrogens is 298 g/mol. The van der Waals surface area contributed by atoms with Crippen LogP contribution in [0.25, 0.3) is 10.9 Å². The van der Waals surface area contributed by atoms with Crippen LogP contribution in [-0.4, -0.2) is 43.5 Å². The summed E-state index contributed by atoms with van der Waals surface area (Å²) in [5.74, 6) is 0.769. The second-order valence-corrected chi connectivity index (χ2v) is 7.53. The molecule has 0 spiro atoms. The van der Waals surface area contributed by atoms with Crippen LogP contribution in [0.2, 0.25) is 5.02 Å². The normalized spacial score (nSPS) is 13.4. The van der Waals surface area contributed by atoms with Gasteiger partial charge in [0.15, 0.2) is 0 Å². The first kappa shape index (κ1) is 15.0. The minimum Gasteiger partial charge on any atom is -0.355 e. The third kappa shape index (κ3) is 3.37. The molecule has 1 heterocycles. The van der Waals surface area contributed by atoms with Gasteiger partial charge in [-0.15, -0.1) is 0 Å². The lowest BCUT2D eigenvalue weighted by Gasteiger charge is -2.26. The van der Waals surface area contributed by atoms with Crippen molar-refractivity contribution in [3.8, 4) is 0 Å². The van der Waals surface area contributed by atoms with Gasteiger partial charge in [0.2, 0.25) is 0 Å². The zero-order valence-corrected chi connectivity index (χ0v) is 13.1. The Labute approximate surface area is 123 Å². The van der Waals surface area contributed by atoms with Crippen molar-refractivity contribution in [2.45, 2.75) is 13.0 Å². The van der Waals surface area contributed by atoms with Crippen molar-refractivity contribution in [1.29, 1.82) is 0 Å². The van der Waals surface area contributed by atoms with E-state index >= 15 is 0 Å². The summed E-state index contributed by atoms with van der Waals surface area (Å²) in [5.41, 5.74) is 0.737. The number of benzene rings is 1. The van der Waals surface area contributed by atoms with Crippen molar-refractivity contribution >= 4 is 38.2 Å². The molecule has 5 nitrogen and oxygen atoms in total. The molecule has 0 N–H and O–H groups in total. The van der Waals surface area contributed by atoms with Crippen LogP contribution in [0.1, 0.15) is 6.92 Å². The van der Waals surface area contributed by atoms with Gasteiger partial charge in [-0.05, 0) is 25.1 Å². The Hall–Kier alpha value is -1.40. The Morgan fingerprint density at radius 2 is 2.05 bits per heavy atom. The zero-order chi connectivity index (χ0) is 14.9. The molecule has 1 aromatic carbocycles. The van der Waals surface area contributed by atoms with Crippen molar-refractivity contribution in [3.63, 3.8) is 0 Å². The predicted octanol–water partition coefficient (Wildman–Crippen LogP) is 2.15. The monoisotopic (exact) mass is 313 g/mol. The Balaban J connectivity index is 2.42. The first-order valence-electron chi connectivity index (χ1n) is 6.09. The van der Waals surface area contributed by atoms with Gasteiger partial charge in [0.1, 0.15) is 22.0 Å². The molecule has 0 saturated carbocycles. The number of hydrogen-bond acceptors (Lipinski definition) is 5. The molecule has 0 aliphatic heterocycles. The second kappa shape index (κ2) is 5.54. The fourth-order valence-electron chi connectivity index (χ4n) is 2.06. The number of fused-ring (bicyclic) bond motifs is 1. The topological polar surface area (TPSA) is 63.2 Å². The number of aromatic nitrogens is 2. The van der Waals surface area contributed by atoms with Crippen LogP contribution in [0, 0.1) is 0 Å². The molecule has 0 radical (unpaired) electrons. The average molecular weight is 314 g/mol. The highest BCUT2D eigenvalue weighted by atomic mass is 35.5. The highest BCUT2D eigenvalue weighted by Crippen LogP contribution is 2.25. The van der Waals surface area contributed by atoms with E-state index in [1.54, 1.807) is 12.1 Å². The summed E-state index contributed by atoms with van der Waals surface area (Å²) in [4.78, 5) is 10.3. The van der Waals surface area contributed by atoms with Crippen LogP contribution in [0.5, 0.6) is 0 Å². The van der Waals surface area contributed by atoms with E-state index in [0.29, 0.717) is 10.8 Å². The summed E-state index contributed by atoms with van der Waals surface area (Å²) in [7, 11) is -1.22. The van der Waals surface area contributed by atoms with Gasteiger partial charge in [0.25, 0.3) is 0 Å². The van der Waals surface area contributed by atoms with Crippen LogP contribution >= 0.6 is 11.6 Å². The maximum atomic E-state index is 11.4. The van der Waals surface area contributed by atoms with Crippen molar-refractivity contribution in [2.75, 3.05) is 24.0 Å². The summed E-state index contributed by atoms with van der Waals surface area (Å²) >= 11 is 5.95. The zero-order valence-electron chi connectivity index (χ0n) is 11.5. The molecule has 0 fully saturated rings. The molecule has 108 valence electrons. The molecule has 0 saturated heterocycles. The van der Waals surface area contributed by atoms with Crippen molar-refractivity contribution < 1.29 is 8.42 Å². The van der Waals surface area contributed by atoms with Gasteiger partial charge in [0.05, 0.1) is 11.3 Å². The molecule has 2 aromatic rings. The summed E-state index contributed by atoms with van der Waals surface area (Å²) in [5, 5.41) is 1.45. The summed E-state index contributed by atoms with van der Waals surface area (Å²) < 4.78 is 22.8. The Bertz CT molecular complexity index is 733. The smallest absolute Gasteiger partial charge is 0.149 e. The molecule has 1 unspecified atom stereocenters. The van der Waals surface area contributed by atoms with Gasteiger partial charge >= 0.3 is 0 Å². The predicted molar refractivity (Wildman–Crippen MR) is 82.1 cm³/mol. The van der Waals surface area contributed by atoms with Gasteiger partial charge in [-0.25, -0.2) is 18.4 Å². The lowest BCUT2D eigenvalue weighted by molar-refractivity contribution is 0.593. The van der Waals surface area contributed by atoms with Gasteiger partial charge < -0.3 is 4.90 Å². The van der Waals surface area contributed by atoms with Gasteiger partial charge in [0, 0.05) is 29.8 Å². The quantitative estimate of drug-likeness (QED) is 0.865. The van der Waals surface area contributed by atoms with E-state index < -0.39 is 9.84 Å². The number of anilines is 1. The third-order valence-corrected chi connectivity index (χ3v) is 4.44. The molecule has 1 atom stereocenters. The highest BCUT2D eigenvalue weighted by Gasteiger charge is 2.18. The van der Waals surface area contributed by atoms with Crippen LogP contribution in [0.15, 0.2) is 24.5 Å². The van der Waals surface area contributed by atoms with E-state index in [0.717, 1.165) is 10.9 Å². The van der Waals surface area contributed by atoms with Crippen molar-refractivity contribution in [1.82, 2.24) is 9.97 Å². The largest absolute Gasteiger partial charge is 0.355 e. The number of hydrogen-bond donors (Lipinski definition) is 0. The van der Waals surface area contributed by atoms with E-state index in [1.807, 2.05) is 24.9 Å². The van der Waals surface area contributed by atoms with E-state index in [9.17, 15) is 8.42 Å². The molecule has 0 aliphatic carbocycles. The first-order chi connectivity index (χ1) is 9.28. The molecule has 2 rings (SSSR count). The number of sulfone groups is 1. The van der Waals surface area contributed by atoms with Gasteiger partial charge in [-0.1, -0.05) is 11.6 Å². The summed E-state index contributed by atoms with van der Waals surface area (Å²) in [6.07, 6.45) is 2.69. The van der Waals surface area contributed by atoms with Crippen molar-refractivity contribution in [2.24, 2.45) is 0 Å². The van der Waals surface area contributed by atoms with Crippen LogP contribution in [0.4, 0.5) is 5.82 Å². The fourth-order valence-corrected chi connectivity index (χ4v) is 3.32. The minimum absolute atomic E-state index is 0.0720. The first-order valence-corrected chi connectivity index (χ1v) is 8.52. The second-order valence-electron chi connectivity index (χ2n) is 4.91. The SMILES string of the molecule is CC(CS(C)(=O)=O)N(C)c1ncnc2cc(Cl)ccc12. The van der Waals surface area contributed by atoms with Gasteiger partial charge in [-0.2, -0.15) is 0 Å². The molecular formula is C13H16ClN3O2S. The van der Waals surface area contributed by atoms with Gasteiger partial charge in [-0.3, -0.25) is 0 Å². The van der Waals surface area contributed by atoms with Crippen molar-refractivity contribution in [3.05, 3.63) is 29.5 Å². The molecule has 20 heavy (non-hydrogen) atoms. The summed E-state index contributed by atoms with van der Waals surface area (Å²) in [6, 6.07) is 5.19. The number of rotatable bonds is 4. The highest BCUT2D eigenvalue weighted by molar-refractivity contribution is 7.90. The number of halogens is 1. The lowest BCUT2D eigenvalue weighted by Crippen LogP contribution is -2.35. The Morgan fingerprint density at radius 3 is 2.70 bits per heavy atom. The Morgan fingerprint density at radius 1 is 1.35 bits per heavy atom. The molecule has 0 amide bonds. The maximum absolute atomic E-state index is 11.4. The Kier molecular flexibility index (Phi) is 4.15. The molecule has 0 aliphatic rings. The minimum atomic E-state index is -3.04. The lowest BCUT2D eigenvalue weighted by atomic mass is 10.2. The van der Waals surface area contributed by atoms with Crippen LogP contribution in [-0.2, 0) is 9.84 Å².